The number of hydrogen-bond acceptors (Lipinski definition) is 5. The molecule has 30 heavy (non-hydrogen) atoms. The van der Waals surface area contributed by atoms with E-state index in [0.29, 0.717) is 23.8 Å². The number of nitrogens with zero attached hydrogens (tertiary/aromatic N) is 5. The van der Waals surface area contributed by atoms with Gasteiger partial charge in [0.1, 0.15) is 5.56 Å². The van der Waals surface area contributed by atoms with Crippen LogP contribution >= 0.6 is 23.4 Å². The highest BCUT2D eigenvalue weighted by Crippen LogP contribution is 2.22. The van der Waals surface area contributed by atoms with E-state index in [0.717, 1.165) is 0 Å². The Balaban J connectivity index is 2.03. The number of ketones is 1. The largest absolute Gasteiger partial charge is 0.362 e. The maximum Gasteiger partial charge on any atom is 0.346 e. The number of aromatic nitrogens is 5. The summed E-state index contributed by atoms with van der Waals surface area (Å²) in [5.41, 5.74) is -0.303. The first-order valence-corrected chi connectivity index (χ1v) is 10.7. The number of thioether (sulfide) groups is 1. The molecule has 0 unspecified atom stereocenters. The van der Waals surface area contributed by atoms with E-state index in [1.165, 1.54) is 27.2 Å². The lowest BCUT2D eigenvalue weighted by molar-refractivity contribution is 0.103. The molecule has 0 aliphatic heterocycles. The molecule has 1 N–H and O–H groups in total. The fourth-order valence-corrected chi connectivity index (χ4v) is 3.98. The summed E-state index contributed by atoms with van der Waals surface area (Å²) < 4.78 is 4.06. The van der Waals surface area contributed by atoms with Gasteiger partial charge in [0.15, 0.2) is 10.9 Å². The minimum atomic E-state index is -0.602. The molecule has 3 rings (SSSR count). The highest BCUT2D eigenvalue weighted by atomic mass is 35.5. The molecule has 11 heteroatoms. The molecule has 0 aliphatic rings. The average Bonchev–Trinajstić information content (AvgIpc) is 3.22. The molecule has 9 nitrogen and oxygen atoms in total. The first-order valence-electron chi connectivity index (χ1n) is 9.10. The van der Waals surface area contributed by atoms with Crippen molar-refractivity contribution in [2.24, 2.45) is 0 Å². The minimum Gasteiger partial charge on any atom is -0.362 e. The first-order chi connectivity index (χ1) is 14.3. The molecule has 156 valence electrons. The maximum atomic E-state index is 13.0. The molecule has 1 aromatic carbocycles. The van der Waals surface area contributed by atoms with Gasteiger partial charge in [-0.15, -0.1) is 5.10 Å². The van der Waals surface area contributed by atoms with Crippen molar-refractivity contribution in [3.8, 4) is 0 Å². The van der Waals surface area contributed by atoms with E-state index < -0.39 is 11.3 Å². The maximum absolute atomic E-state index is 13.0. The molecule has 2 heterocycles. The van der Waals surface area contributed by atoms with Gasteiger partial charge < -0.3 is 4.85 Å². The zero-order valence-corrected chi connectivity index (χ0v) is 18.2. The number of rotatable bonds is 7. The number of aromatic amines is 1. The smallest absolute Gasteiger partial charge is 0.346 e. The third kappa shape index (κ3) is 3.86. The van der Waals surface area contributed by atoms with Gasteiger partial charge in [-0.2, -0.15) is 4.68 Å². The van der Waals surface area contributed by atoms with Gasteiger partial charge in [0.05, 0.1) is 13.1 Å². The Hall–Kier alpha value is -3.03. The van der Waals surface area contributed by atoms with Gasteiger partial charge in [-0.3, -0.25) is 14.2 Å². The number of benzene rings is 1. The van der Waals surface area contributed by atoms with Crippen LogP contribution < -0.4 is 11.2 Å². The van der Waals surface area contributed by atoms with E-state index in [9.17, 15) is 14.4 Å². The monoisotopic (exact) mass is 446 g/mol. The lowest BCUT2D eigenvalue weighted by Crippen LogP contribution is -2.25. The zero-order chi connectivity index (χ0) is 22.0. The third-order valence-electron chi connectivity index (χ3n) is 4.53. The highest BCUT2D eigenvalue weighted by molar-refractivity contribution is 7.98. The summed E-state index contributed by atoms with van der Waals surface area (Å²) in [6.45, 7) is 11.7. The normalized spacial score (nSPS) is 10.9. The summed E-state index contributed by atoms with van der Waals surface area (Å²) in [5.74, 6) is -0.717. The highest BCUT2D eigenvalue weighted by Gasteiger charge is 2.23. The van der Waals surface area contributed by atoms with Crippen LogP contribution in [0.5, 0.6) is 0 Å². The van der Waals surface area contributed by atoms with Crippen LogP contribution in [0.25, 0.3) is 4.85 Å². The SMILES string of the molecule is [C-]#[N+]c1[nH]n(CC)c(=O)c1C(=O)c1cc(Cl)cc(Cn2nc(SC)n(CC)c2=O)c1. The van der Waals surface area contributed by atoms with Crippen molar-refractivity contribution >= 4 is 35.0 Å². The number of carbonyl (C=O) groups excluding carboxylic acids is 1. The van der Waals surface area contributed by atoms with Crippen molar-refractivity contribution in [3.63, 3.8) is 0 Å². The van der Waals surface area contributed by atoms with Gasteiger partial charge in [0.25, 0.3) is 11.4 Å². The molecule has 0 bridgehead atoms. The van der Waals surface area contributed by atoms with Gasteiger partial charge in [-0.05, 0) is 43.9 Å². The van der Waals surface area contributed by atoms with Crippen LogP contribution in [0.2, 0.25) is 5.02 Å². The van der Waals surface area contributed by atoms with Crippen LogP contribution in [0.15, 0.2) is 32.9 Å². The standard InChI is InChI=1S/C19H19ClN6O3S/c1-5-24-18(30-4)23-26(19(24)29)10-11-7-12(9-13(20)8-11)15(27)14-16(21-3)22-25(6-2)17(14)28/h7-9,22H,5-6,10H2,1-2,4H3. The van der Waals surface area contributed by atoms with Crippen LogP contribution in [-0.2, 0) is 19.6 Å². The third-order valence-corrected chi connectivity index (χ3v) is 5.42. The van der Waals surface area contributed by atoms with Crippen molar-refractivity contribution in [3.05, 3.63) is 72.2 Å². The molecule has 0 spiro atoms. The van der Waals surface area contributed by atoms with E-state index >= 15 is 0 Å². The van der Waals surface area contributed by atoms with Crippen LogP contribution in [0.4, 0.5) is 5.82 Å². The average molecular weight is 447 g/mol. The minimum absolute atomic E-state index is 0.113. The summed E-state index contributed by atoms with van der Waals surface area (Å²) >= 11 is 7.57. The van der Waals surface area contributed by atoms with E-state index in [1.807, 2.05) is 13.2 Å². The number of nitrogens with one attached hydrogen (secondary N) is 1. The van der Waals surface area contributed by atoms with Crippen molar-refractivity contribution in [1.29, 1.82) is 0 Å². The number of H-pyrrole nitrogens is 1. The molecule has 0 fully saturated rings. The fraction of sp³-hybridized carbons (Fsp3) is 0.316. The molecule has 0 saturated heterocycles. The lowest BCUT2D eigenvalue weighted by Gasteiger charge is -2.06. The van der Waals surface area contributed by atoms with Crippen LogP contribution in [0.3, 0.4) is 0 Å². The number of halogens is 1. The Morgan fingerprint density at radius 3 is 2.57 bits per heavy atom. The number of aryl methyl sites for hydroxylation is 1. The predicted octanol–water partition coefficient (Wildman–Crippen LogP) is 2.78. The molecule has 0 radical (unpaired) electrons. The van der Waals surface area contributed by atoms with Crippen LogP contribution in [0.1, 0.15) is 35.3 Å². The predicted molar refractivity (Wildman–Crippen MR) is 115 cm³/mol. The molecule has 0 aliphatic carbocycles. The summed E-state index contributed by atoms with van der Waals surface area (Å²) in [7, 11) is 0. The number of hydrogen-bond donors (Lipinski definition) is 1. The van der Waals surface area contributed by atoms with E-state index in [2.05, 4.69) is 15.0 Å². The van der Waals surface area contributed by atoms with E-state index in [4.69, 9.17) is 18.2 Å². The molecular formula is C19H19ClN6O3S. The molecule has 0 saturated carbocycles. The summed E-state index contributed by atoms with van der Waals surface area (Å²) in [5, 5.41) is 7.82. The van der Waals surface area contributed by atoms with Gasteiger partial charge >= 0.3 is 5.69 Å². The topological polar surface area (TPSA) is 99.0 Å². The van der Waals surface area contributed by atoms with Crippen molar-refractivity contribution in [2.75, 3.05) is 6.26 Å². The Morgan fingerprint density at radius 1 is 1.27 bits per heavy atom. The summed E-state index contributed by atoms with van der Waals surface area (Å²) in [6, 6.07) is 4.62. The Kier molecular flexibility index (Phi) is 6.34. The Bertz CT molecular complexity index is 1280. The van der Waals surface area contributed by atoms with Crippen LogP contribution in [0, 0.1) is 6.57 Å². The second-order valence-corrected chi connectivity index (χ2v) is 7.55. The van der Waals surface area contributed by atoms with Crippen LogP contribution in [-0.4, -0.2) is 36.2 Å². The van der Waals surface area contributed by atoms with Gasteiger partial charge in [-0.1, -0.05) is 29.9 Å². The quantitative estimate of drug-likeness (QED) is 0.342. The fourth-order valence-electron chi connectivity index (χ4n) is 3.11. The van der Waals surface area contributed by atoms with Crippen molar-refractivity contribution < 1.29 is 4.79 Å². The molecule has 2 aromatic heterocycles. The van der Waals surface area contributed by atoms with E-state index in [-0.39, 0.29) is 34.2 Å². The number of carbonyl (C=O) groups is 1. The lowest BCUT2D eigenvalue weighted by atomic mass is 10.0. The zero-order valence-electron chi connectivity index (χ0n) is 16.6. The summed E-state index contributed by atoms with van der Waals surface area (Å²) in [6.07, 6.45) is 1.84. The molecule has 0 amide bonds. The Labute approximate surface area is 181 Å². The summed E-state index contributed by atoms with van der Waals surface area (Å²) in [4.78, 5) is 41.3. The van der Waals surface area contributed by atoms with Gasteiger partial charge in [-0.25, -0.2) is 14.6 Å². The van der Waals surface area contributed by atoms with Crippen molar-refractivity contribution in [2.45, 2.75) is 38.6 Å². The first kappa shape index (κ1) is 21.7. The Morgan fingerprint density at radius 2 is 2.00 bits per heavy atom. The van der Waals surface area contributed by atoms with Crippen molar-refractivity contribution in [1.82, 2.24) is 24.1 Å². The molecular weight excluding hydrogens is 428 g/mol. The second-order valence-electron chi connectivity index (χ2n) is 6.35. The van der Waals surface area contributed by atoms with Gasteiger partial charge in [0, 0.05) is 17.1 Å². The molecule has 0 atom stereocenters. The second kappa shape index (κ2) is 8.77. The van der Waals surface area contributed by atoms with E-state index in [1.54, 1.807) is 23.6 Å². The van der Waals surface area contributed by atoms with Gasteiger partial charge in [0.2, 0.25) is 0 Å². The molecule has 3 aromatic rings.